The van der Waals surface area contributed by atoms with Crippen LogP contribution >= 0.6 is 11.8 Å². The summed E-state index contributed by atoms with van der Waals surface area (Å²) < 4.78 is 1.81. The quantitative estimate of drug-likeness (QED) is 0.823. The van der Waals surface area contributed by atoms with Crippen LogP contribution in [0.25, 0.3) is 0 Å². The van der Waals surface area contributed by atoms with Crippen molar-refractivity contribution in [1.29, 1.82) is 5.26 Å². The van der Waals surface area contributed by atoms with Crippen molar-refractivity contribution in [3.8, 4) is 6.07 Å². The predicted octanol–water partition coefficient (Wildman–Crippen LogP) is 3.24. The van der Waals surface area contributed by atoms with Crippen molar-refractivity contribution in [2.75, 3.05) is 5.32 Å². The number of amides is 1. The molecule has 2 heterocycles. The Hall–Kier alpha value is -2.33. The summed E-state index contributed by atoms with van der Waals surface area (Å²) in [5.41, 5.74) is 0.532. The largest absolute Gasteiger partial charge is 0.310 e. The molecule has 0 saturated carbocycles. The lowest BCUT2D eigenvalue weighted by molar-refractivity contribution is -0.115. The molecule has 1 amide bonds. The Morgan fingerprint density at radius 1 is 1.43 bits per heavy atom. The number of carbonyl (C=O) groups is 1. The van der Waals surface area contributed by atoms with Crippen molar-refractivity contribution in [2.45, 2.75) is 43.5 Å². The van der Waals surface area contributed by atoms with Gasteiger partial charge in [0.05, 0.1) is 34.1 Å². The van der Waals surface area contributed by atoms with Gasteiger partial charge in [0.15, 0.2) is 0 Å². The molecule has 0 spiro atoms. The molecule has 0 aliphatic carbocycles. The molecule has 0 unspecified atom stereocenters. The topological polar surface area (TPSA) is 83.6 Å². The minimum atomic E-state index is -0.336. The lowest BCUT2D eigenvalue weighted by Crippen LogP contribution is -2.24. The molecule has 6 nitrogen and oxygen atoms in total. The fraction of sp³-hybridized carbons (Fsp3) is 0.375. The molecule has 0 bridgehead atoms. The molecule has 1 N–H and O–H groups in total. The lowest BCUT2D eigenvalue weighted by atomic mass is 10.3. The number of anilines is 1. The van der Waals surface area contributed by atoms with Crippen molar-refractivity contribution in [1.82, 2.24) is 14.8 Å². The zero-order chi connectivity index (χ0) is 16.8. The number of thioether (sulfide) groups is 1. The van der Waals surface area contributed by atoms with Crippen LogP contribution in [0.4, 0.5) is 5.82 Å². The van der Waals surface area contributed by atoms with Gasteiger partial charge in [-0.05, 0) is 32.4 Å². The van der Waals surface area contributed by atoms with Crippen LogP contribution < -0.4 is 5.32 Å². The maximum absolute atomic E-state index is 12.4. The van der Waals surface area contributed by atoms with Crippen molar-refractivity contribution in [2.24, 2.45) is 0 Å². The van der Waals surface area contributed by atoms with E-state index in [0.717, 1.165) is 6.42 Å². The first kappa shape index (κ1) is 17.0. The highest BCUT2D eigenvalue weighted by atomic mass is 32.2. The minimum Gasteiger partial charge on any atom is -0.310 e. The Balaban J connectivity index is 2.03. The average molecular weight is 329 g/mol. The van der Waals surface area contributed by atoms with E-state index in [4.69, 9.17) is 5.26 Å². The predicted molar refractivity (Wildman–Crippen MR) is 90.1 cm³/mol. The van der Waals surface area contributed by atoms with E-state index >= 15 is 0 Å². The first-order valence-electron chi connectivity index (χ1n) is 7.42. The van der Waals surface area contributed by atoms with Gasteiger partial charge in [-0.2, -0.15) is 10.4 Å². The number of hydrogen-bond donors (Lipinski definition) is 1. The summed E-state index contributed by atoms with van der Waals surface area (Å²) in [5.74, 6) is 0.569. The van der Waals surface area contributed by atoms with Crippen LogP contribution in [0.1, 0.15) is 38.8 Å². The normalized spacial score (nSPS) is 13.1. The van der Waals surface area contributed by atoms with Crippen LogP contribution in [0.3, 0.4) is 0 Å². The highest BCUT2D eigenvalue weighted by Crippen LogP contribution is 2.23. The number of rotatable bonds is 6. The average Bonchev–Trinajstić information content (AvgIpc) is 3.02. The molecule has 2 rings (SSSR count). The van der Waals surface area contributed by atoms with Crippen LogP contribution in [-0.2, 0) is 4.79 Å². The van der Waals surface area contributed by atoms with Gasteiger partial charge in [-0.3, -0.25) is 4.79 Å². The van der Waals surface area contributed by atoms with E-state index in [-0.39, 0.29) is 17.2 Å². The SMILES string of the molecule is CC[C@H](C)n1nccc1NC(=O)[C@@H](C)Sc1cc(C#N)ccn1. The summed E-state index contributed by atoms with van der Waals surface area (Å²) in [5, 5.41) is 16.4. The molecule has 7 heteroatoms. The number of nitrogens with one attached hydrogen (secondary N) is 1. The smallest absolute Gasteiger partial charge is 0.238 e. The van der Waals surface area contributed by atoms with E-state index in [1.807, 2.05) is 11.6 Å². The molecular formula is C16H19N5OS. The number of pyridine rings is 1. The number of aromatic nitrogens is 3. The van der Waals surface area contributed by atoms with Gasteiger partial charge < -0.3 is 5.32 Å². The lowest BCUT2D eigenvalue weighted by Gasteiger charge is -2.16. The first-order valence-corrected chi connectivity index (χ1v) is 8.30. The Kier molecular flexibility index (Phi) is 5.77. The number of nitrogens with zero attached hydrogens (tertiary/aromatic N) is 4. The molecule has 0 aromatic carbocycles. The second-order valence-electron chi connectivity index (χ2n) is 5.16. The summed E-state index contributed by atoms with van der Waals surface area (Å²) in [4.78, 5) is 16.5. The highest BCUT2D eigenvalue weighted by Gasteiger charge is 2.18. The second-order valence-corrected chi connectivity index (χ2v) is 6.52. The first-order chi connectivity index (χ1) is 11.0. The van der Waals surface area contributed by atoms with Crippen LogP contribution in [0.2, 0.25) is 0 Å². The molecule has 2 aromatic heterocycles. The van der Waals surface area contributed by atoms with Crippen molar-refractivity contribution in [3.05, 3.63) is 36.2 Å². The van der Waals surface area contributed by atoms with Crippen LogP contribution in [0.5, 0.6) is 0 Å². The van der Waals surface area contributed by atoms with E-state index in [1.165, 1.54) is 11.8 Å². The summed E-state index contributed by atoms with van der Waals surface area (Å²) in [7, 11) is 0. The number of hydrogen-bond acceptors (Lipinski definition) is 5. The molecule has 0 radical (unpaired) electrons. The van der Waals surface area contributed by atoms with Gasteiger partial charge in [0, 0.05) is 12.3 Å². The standard InChI is InChI=1S/C16H19N5OS/c1-4-11(2)21-14(6-8-19-21)20-16(22)12(3)23-15-9-13(10-17)5-7-18-15/h5-9,11-12H,4H2,1-3H3,(H,20,22)/t11-,12+/m0/s1. The Labute approximate surface area is 139 Å². The van der Waals surface area contributed by atoms with Gasteiger partial charge in [0.25, 0.3) is 0 Å². The fourth-order valence-electron chi connectivity index (χ4n) is 1.94. The summed E-state index contributed by atoms with van der Waals surface area (Å²) in [6.45, 7) is 5.94. The zero-order valence-electron chi connectivity index (χ0n) is 13.4. The molecule has 23 heavy (non-hydrogen) atoms. The van der Waals surface area contributed by atoms with Gasteiger partial charge in [-0.1, -0.05) is 18.7 Å². The van der Waals surface area contributed by atoms with E-state index in [0.29, 0.717) is 16.4 Å². The summed E-state index contributed by atoms with van der Waals surface area (Å²) in [6.07, 6.45) is 4.18. The van der Waals surface area contributed by atoms with Crippen molar-refractivity contribution < 1.29 is 4.79 Å². The third-order valence-corrected chi connectivity index (χ3v) is 4.49. The van der Waals surface area contributed by atoms with Gasteiger partial charge in [-0.25, -0.2) is 9.67 Å². The van der Waals surface area contributed by atoms with Gasteiger partial charge in [0.1, 0.15) is 5.82 Å². The van der Waals surface area contributed by atoms with Gasteiger partial charge >= 0.3 is 0 Å². The van der Waals surface area contributed by atoms with Crippen LogP contribution in [-0.4, -0.2) is 25.9 Å². The third-order valence-electron chi connectivity index (χ3n) is 3.46. The zero-order valence-corrected chi connectivity index (χ0v) is 14.2. The Morgan fingerprint density at radius 3 is 2.91 bits per heavy atom. The molecule has 2 aromatic rings. The second kappa shape index (κ2) is 7.79. The van der Waals surface area contributed by atoms with E-state index in [1.54, 1.807) is 30.6 Å². The molecule has 120 valence electrons. The van der Waals surface area contributed by atoms with Crippen molar-refractivity contribution in [3.63, 3.8) is 0 Å². The fourth-order valence-corrected chi connectivity index (χ4v) is 2.79. The highest BCUT2D eigenvalue weighted by molar-refractivity contribution is 8.00. The molecule has 0 aliphatic rings. The molecule has 0 aliphatic heterocycles. The summed E-state index contributed by atoms with van der Waals surface area (Å²) >= 11 is 1.32. The number of carbonyl (C=O) groups excluding carboxylic acids is 1. The van der Waals surface area contributed by atoms with Gasteiger partial charge in [-0.15, -0.1) is 0 Å². The monoisotopic (exact) mass is 329 g/mol. The molecule has 0 saturated heterocycles. The number of nitriles is 1. The maximum atomic E-state index is 12.4. The van der Waals surface area contributed by atoms with E-state index in [9.17, 15) is 4.79 Å². The van der Waals surface area contributed by atoms with E-state index < -0.39 is 0 Å². The van der Waals surface area contributed by atoms with E-state index in [2.05, 4.69) is 35.3 Å². The minimum absolute atomic E-state index is 0.121. The van der Waals surface area contributed by atoms with Crippen LogP contribution in [0, 0.1) is 11.3 Å². The Bertz CT molecular complexity index is 721. The summed E-state index contributed by atoms with van der Waals surface area (Å²) in [6, 6.07) is 7.39. The van der Waals surface area contributed by atoms with Gasteiger partial charge in [0.2, 0.25) is 5.91 Å². The van der Waals surface area contributed by atoms with Crippen molar-refractivity contribution >= 4 is 23.5 Å². The Morgan fingerprint density at radius 2 is 2.22 bits per heavy atom. The molecule has 0 fully saturated rings. The van der Waals surface area contributed by atoms with Crippen LogP contribution in [0.15, 0.2) is 35.6 Å². The maximum Gasteiger partial charge on any atom is 0.238 e. The molecule has 2 atom stereocenters. The molecular weight excluding hydrogens is 310 g/mol. The third kappa shape index (κ3) is 4.33.